The average Bonchev–Trinajstić information content (AvgIpc) is 2.79. The number of carboxylic acid groups (broad SMARTS) is 1. The minimum Gasteiger partial charge on any atom is -0.507 e. The van der Waals surface area contributed by atoms with Crippen molar-refractivity contribution in [3.8, 4) is 17.0 Å². The number of halogens is 1. The van der Waals surface area contributed by atoms with Gasteiger partial charge in [-0.1, -0.05) is 0 Å². The highest BCUT2D eigenvalue weighted by molar-refractivity contribution is 7.90. The molecule has 0 fully saturated rings. The largest absolute Gasteiger partial charge is 0.507 e. The zero-order chi connectivity index (χ0) is 15.1. The number of sulfone groups is 1. The number of hydrogen-bond acceptors (Lipinski definition) is 5. The van der Waals surface area contributed by atoms with Crippen molar-refractivity contribution >= 4 is 15.8 Å². The molecule has 1 aromatic carbocycles. The fourth-order valence-electron chi connectivity index (χ4n) is 1.60. The number of phenolic OH excluding ortho intramolecular Hbond substituents is 1. The highest BCUT2D eigenvalue weighted by Gasteiger charge is 2.20. The molecule has 1 heterocycles. The van der Waals surface area contributed by atoms with Gasteiger partial charge in [0.05, 0.1) is 5.69 Å². The minimum absolute atomic E-state index is 0.0150. The van der Waals surface area contributed by atoms with Crippen LogP contribution in [0.5, 0.6) is 5.75 Å². The summed E-state index contributed by atoms with van der Waals surface area (Å²) in [6, 6.07) is 2.64. The highest BCUT2D eigenvalue weighted by atomic mass is 32.2. The Hall–Kier alpha value is -2.42. The zero-order valence-corrected chi connectivity index (χ0v) is 10.9. The summed E-state index contributed by atoms with van der Waals surface area (Å²) in [5.74, 6) is -2.84. The van der Waals surface area contributed by atoms with Crippen molar-refractivity contribution < 1.29 is 27.8 Å². The predicted octanol–water partition coefficient (Wildman–Crippen LogP) is 1.02. The van der Waals surface area contributed by atoms with Crippen LogP contribution in [0.4, 0.5) is 4.39 Å². The van der Waals surface area contributed by atoms with Crippen molar-refractivity contribution in [1.29, 1.82) is 0 Å². The second-order valence-corrected chi connectivity index (χ2v) is 6.03. The van der Waals surface area contributed by atoms with Crippen molar-refractivity contribution in [3.63, 3.8) is 0 Å². The Labute approximate surface area is 112 Å². The number of aromatic carboxylic acids is 1. The van der Waals surface area contributed by atoms with Crippen molar-refractivity contribution in [2.75, 3.05) is 6.26 Å². The normalized spacial score (nSPS) is 11.5. The number of aromatic amines is 1. The summed E-state index contributed by atoms with van der Waals surface area (Å²) in [5.41, 5.74) is -0.371. The van der Waals surface area contributed by atoms with E-state index in [2.05, 4.69) is 10.2 Å². The Kier molecular flexibility index (Phi) is 3.22. The van der Waals surface area contributed by atoms with Gasteiger partial charge in [-0.05, 0) is 12.1 Å². The van der Waals surface area contributed by atoms with Crippen LogP contribution in [-0.4, -0.2) is 41.1 Å². The number of phenols is 1. The number of hydrogen-bond donors (Lipinski definition) is 3. The fraction of sp³-hybridized carbons (Fsp3) is 0.0909. The number of nitrogens with zero attached hydrogens (tertiary/aromatic N) is 1. The van der Waals surface area contributed by atoms with Gasteiger partial charge in [-0.2, -0.15) is 5.10 Å². The first-order chi connectivity index (χ1) is 9.20. The number of rotatable bonds is 3. The molecular weight excluding hydrogens is 291 g/mol. The summed E-state index contributed by atoms with van der Waals surface area (Å²) in [4.78, 5) is 10.1. The summed E-state index contributed by atoms with van der Waals surface area (Å²) in [6.07, 6.45) is 0.807. The van der Waals surface area contributed by atoms with Gasteiger partial charge >= 0.3 is 5.97 Å². The number of carbonyl (C=O) groups is 1. The molecule has 2 rings (SSSR count). The van der Waals surface area contributed by atoms with Crippen molar-refractivity contribution in [2.45, 2.75) is 4.90 Å². The maximum absolute atomic E-state index is 13.7. The lowest BCUT2D eigenvalue weighted by molar-refractivity contribution is 0.0690. The molecule has 0 bridgehead atoms. The van der Waals surface area contributed by atoms with Crippen molar-refractivity contribution in [1.82, 2.24) is 10.2 Å². The number of aromatic nitrogens is 2. The molecule has 9 heteroatoms. The summed E-state index contributed by atoms with van der Waals surface area (Å²) in [7, 11) is -3.82. The third-order valence-corrected chi connectivity index (χ3v) is 3.65. The fourth-order valence-corrected chi connectivity index (χ4v) is 2.34. The molecule has 0 aliphatic heterocycles. The van der Waals surface area contributed by atoms with E-state index in [1.54, 1.807) is 0 Å². The Morgan fingerprint density at radius 1 is 1.35 bits per heavy atom. The van der Waals surface area contributed by atoms with Gasteiger partial charge in [0.25, 0.3) is 0 Å². The van der Waals surface area contributed by atoms with Crippen LogP contribution in [0, 0.1) is 5.82 Å². The van der Waals surface area contributed by atoms with Crippen LogP contribution in [0.2, 0.25) is 0 Å². The van der Waals surface area contributed by atoms with E-state index in [1.807, 2.05) is 0 Å². The zero-order valence-electron chi connectivity index (χ0n) is 10.1. The van der Waals surface area contributed by atoms with Gasteiger partial charge in [0.15, 0.2) is 9.84 Å². The Balaban J connectivity index is 2.59. The van der Waals surface area contributed by atoms with Gasteiger partial charge in [0.2, 0.25) is 0 Å². The molecular formula is C11H9FN2O5S. The molecule has 7 nitrogen and oxygen atoms in total. The maximum Gasteiger partial charge on any atom is 0.353 e. The van der Waals surface area contributed by atoms with E-state index >= 15 is 0 Å². The minimum atomic E-state index is -3.82. The summed E-state index contributed by atoms with van der Waals surface area (Å²) < 4.78 is 36.3. The van der Waals surface area contributed by atoms with Crippen LogP contribution >= 0.6 is 0 Å². The van der Waals surface area contributed by atoms with E-state index in [-0.39, 0.29) is 17.0 Å². The highest BCUT2D eigenvalue weighted by Crippen LogP contribution is 2.32. The molecule has 1 aromatic heterocycles. The molecule has 0 radical (unpaired) electrons. The lowest BCUT2D eigenvalue weighted by Crippen LogP contribution is -2.01. The monoisotopic (exact) mass is 300 g/mol. The SMILES string of the molecule is CS(=O)(=O)c1cc(O)c(-c2cc(C(=O)O)[nH]n2)cc1F. The van der Waals surface area contributed by atoms with Gasteiger partial charge < -0.3 is 10.2 Å². The molecule has 0 spiro atoms. The third-order valence-electron chi connectivity index (χ3n) is 2.53. The molecule has 2 aromatic rings. The molecule has 106 valence electrons. The van der Waals surface area contributed by atoms with Gasteiger partial charge in [-0.3, -0.25) is 5.10 Å². The molecule has 0 unspecified atom stereocenters. The van der Waals surface area contributed by atoms with E-state index < -0.39 is 32.3 Å². The van der Waals surface area contributed by atoms with Gasteiger partial charge in [-0.15, -0.1) is 0 Å². The second kappa shape index (κ2) is 4.60. The topological polar surface area (TPSA) is 120 Å². The van der Waals surface area contributed by atoms with Gasteiger partial charge in [-0.25, -0.2) is 17.6 Å². The van der Waals surface area contributed by atoms with E-state index in [9.17, 15) is 22.7 Å². The van der Waals surface area contributed by atoms with E-state index in [4.69, 9.17) is 5.11 Å². The molecule has 0 saturated carbocycles. The molecule has 20 heavy (non-hydrogen) atoms. The van der Waals surface area contributed by atoms with E-state index in [1.165, 1.54) is 0 Å². The second-order valence-electron chi connectivity index (χ2n) is 4.04. The molecule has 3 N–H and O–H groups in total. The molecule has 0 aliphatic carbocycles. The Morgan fingerprint density at radius 3 is 2.50 bits per heavy atom. The number of aromatic hydroxyl groups is 1. The van der Waals surface area contributed by atoms with Crippen LogP contribution in [0.3, 0.4) is 0 Å². The Morgan fingerprint density at radius 2 is 2.00 bits per heavy atom. The van der Waals surface area contributed by atoms with Crippen LogP contribution < -0.4 is 0 Å². The van der Waals surface area contributed by atoms with Crippen molar-refractivity contribution in [2.24, 2.45) is 0 Å². The summed E-state index contributed by atoms with van der Waals surface area (Å²) in [6.45, 7) is 0. The lowest BCUT2D eigenvalue weighted by Gasteiger charge is -2.05. The Bertz CT molecular complexity index is 797. The van der Waals surface area contributed by atoms with Crippen LogP contribution in [0.25, 0.3) is 11.3 Å². The molecule has 0 saturated heterocycles. The molecule has 0 atom stereocenters. The number of H-pyrrole nitrogens is 1. The first-order valence-electron chi connectivity index (χ1n) is 5.22. The number of nitrogens with one attached hydrogen (secondary N) is 1. The molecule has 0 amide bonds. The van der Waals surface area contributed by atoms with Gasteiger partial charge in [0.1, 0.15) is 22.2 Å². The first-order valence-corrected chi connectivity index (χ1v) is 7.11. The predicted molar refractivity (Wildman–Crippen MR) is 65.7 cm³/mol. The first kappa shape index (κ1) is 14.0. The van der Waals surface area contributed by atoms with E-state index in [0.29, 0.717) is 0 Å². The number of benzene rings is 1. The standard InChI is InChI=1S/C11H9FN2O5S/c1-20(18,19)10-4-9(15)5(2-6(10)12)7-3-8(11(16)17)14-13-7/h2-4,15H,1H3,(H,13,14)(H,16,17). The lowest BCUT2D eigenvalue weighted by atomic mass is 10.1. The average molecular weight is 300 g/mol. The van der Waals surface area contributed by atoms with Crippen molar-refractivity contribution in [3.05, 3.63) is 29.7 Å². The quantitative estimate of drug-likeness (QED) is 0.778. The third kappa shape index (κ3) is 2.48. The van der Waals surface area contributed by atoms with Crippen LogP contribution in [0.1, 0.15) is 10.5 Å². The summed E-state index contributed by atoms with van der Waals surface area (Å²) >= 11 is 0. The smallest absolute Gasteiger partial charge is 0.353 e. The summed E-state index contributed by atoms with van der Waals surface area (Å²) in [5, 5.41) is 24.3. The van der Waals surface area contributed by atoms with Crippen LogP contribution in [0.15, 0.2) is 23.1 Å². The van der Waals surface area contributed by atoms with Crippen LogP contribution in [-0.2, 0) is 9.84 Å². The van der Waals surface area contributed by atoms with Gasteiger partial charge in [0, 0.05) is 17.9 Å². The number of carboxylic acids is 1. The van der Waals surface area contributed by atoms with E-state index in [0.717, 1.165) is 24.5 Å². The maximum atomic E-state index is 13.7. The molecule has 0 aliphatic rings.